The highest BCUT2D eigenvalue weighted by Crippen LogP contribution is 2.21. The van der Waals surface area contributed by atoms with E-state index in [9.17, 15) is 18.0 Å². The lowest BCUT2D eigenvalue weighted by atomic mass is 10.2. The number of nitrogens with one attached hydrogen (secondary N) is 1. The Bertz CT molecular complexity index is 962. The molecule has 1 N–H and O–H groups in total. The zero-order chi connectivity index (χ0) is 21.6. The molecule has 0 saturated carbocycles. The number of carbonyl (C=O) groups excluding carboxylic acids is 1. The minimum absolute atomic E-state index is 0.135. The third-order valence-corrected chi connectivity index (χ3v) is 4.13. The van der Waals surface area contributed by atoms with Gasteiger partial charge in [-0.25, -0.2) is 9.97 Å². The number of aromatic nitrogens is 2. The second-order valence-electron chi connectivity index (χ2n) is 6.39. The predicted molar refractivity (Wildman–Crippen MR) is 106 cm³/mol. The van der Waals surface area contributed by atoms with Gasteiger partial charge in [-0.1, -0.05) is 24.3 Å². The van der Waals surface area contributed by atoms with Gasteiger partial charge in [-0.05, 0) is 29.8 Å². The van der Waals surface area contributed by atoms with Gasteiger partial charge in [-0.2, -0.15) is 13.2 Å². The number of alkyl halides is 3. The molecule has 9 heteroatoms. The molecular formula is C21H19F3N4O2. The lowest BCUT2D eigenvalue weighted by Crippen LogP contribution is -2.23. The molecule has 3 aromatic rings. The van der Waals surface area contributed by atoms with E-state index >= 15 is 0 Å². The number of anilines is 2. The molecule has 0 radical (unpaired) electrons. The fourth-order valence-electron chi connectivity index (χ4n) is 2.54. The predicted octanol–water partition coefficient (Wildman–Crippen LogP) is 4.12. The average molecular weight is 416 g/mol. The van der Waals surface area contributed by atoms with Crippen molar-refractivity contribution in [2.24, 2.45) is 0 Å². The number of halogens is 3. The van der Waals surface area contributed by atoms with Crippen molar-refractivity contribution < 1.29 is 22.7 Å². The zero-order valence-corrected chi connectivity index (χ0v) is 16.1. The van der Waals surface area contributed by atoms with Crippen LogP contribution in [0.4, 0.5) is 24.7 Å². The summed E-state index contributed by atoms with van der Waals surface area (Å²) >= 11 is 0. The number of hydrogen-bond donors (Lipinski definition) is 1. The molecule has 6 nitrogen and oxygen atoms in total. The molecule has 156 valence electrons. The van der Waals surface area contributed by atoms with Crippen LogP contribution in [0.5, 0.6) is 5.88 Å². The molecule has 0 fully saturated rings. The van der Waals surface area contributed by atoms with E-state index in [0.29, 0.717) is 16.9 Å². The van der Waals surface area contributed by atoms with Crippen molar-refractivity contribution in [1.82, 2.24) is 15.3 Å². The Morgan fingerprint density at radius 2 is 1.80 bits per heavy atom. The van der Waals surface area contributed by atoms with Crippen molar-refractivity contribution >= 4 is 17.4 Å². The Kier molecular flexibility index (Phi) is 6.51. The summed E-state index contributed by atoms with van der Waals surface area (Å²) in [5, 5.41) is 2.72. The second kappa shape index (κ2) is 9.25. The highest BCUT2D eigenvalue weighted by atomic mass is 19.4. The van der Waals surface area contributed by atoms with E-state index in [1.54, 1.807) is 12.1 Å². The Hall–Kier alpha value is -3.62. The maximum atomic E-state index is 12.3. The molecule has 0 aliphatic heterocycles. The molecule has 30 heavy (non-hydrogen) atoms. The Labute approximate surface area is 171 Å². The first-order valence-electron chi connectivity index (χ1n) is 8.99. The SMILES string of the molecule is CN(c1ccccc1)c1ccc(C(=O)NCc2ccc(OCC(F)(F)F)nc2)cn1. The summed E-state index contributed by atoms with van der Waals surface area (Å²) in [6.07, 6.45) is -1.59. The first-order chi connectivity index (χ1) is 14.3. The molecule has 0 aliphatic rings. The second-order valence-corrected chi connectivity index (χ2v) is 6.39. The summed E-state index contributed by atoms with van der Waals surface area (Å²) in [4.78, 5) is 22.3. The van der Waals surface area contributed by atoms with Crippen LogP contribution in [0.3, 0.4) is 0 Å². The third-order valence-electron chi connectivity index (χ3n) is 4.13. The van der Waals surface area contributed by atoms with Crippen LogP contribution in [0, 0.1) is 0 Å². The molecule has 0 unspecified atom stereocenters. The van der Waals surface area contributed by atoms with E-state index in [0.717, 1.165) is 5.69 Å². The Morgan fingerprint density at radius 3 is 2.40 bits per heavy atom. The quantitative estimate of drug-likeness (QED) is 0.628. The number of benzene rings is 1. The van der Waals surface area contributed by atoms with E-state index in [-0.39, 0.29) is 18.3 Å². The van der Waals surface area contributed by atoms with Crippen LogP contribution >= 0.6 is 0 Å². The van der Waals surface area contributed by atoms with E-state index in [1.807, 2.05) is 42.3 Å². The number of nitrogens with zero attached hydrogens (tertiary/aromatic N) is 3. The largest absolute Gasteiger partial charge is 0.468 e. The molecule has 0 atom stereocenters. The maximum Gasteiger partial charge on any atom is 0.422 e. The van der Waals surface area contributed by atoms with Crippen LogP contribution in [-0.4, -0.2) is 35.7 Å². The summed E-state index contributed by atoms with van der Waals surface area (Å²) in [5.74, 6) is 0.231. The number of carbonyl (C=O) groups is 1. The highest BCUT2D eigenvalue weighted by Gasteiger charge is 2.28. The normalized spacial score (nSPS) is 11.1. The molecule has 2 heterocycles. The third kappa shape index (κ3) is 5.94. The smallest absolute Gasteiger partial charge is 0.422 e. The molecule has 1 aromatic carbocycles. The van der Waals surface area contributed by atoms with Gasteiger partial charge in [0.2, 0.25) is 5.88 Å². The molecule has 0 saturated heterocycles. The fourth-order valence-corrected chi connectivity index (χ4v) is 2.54. The fraction of sp³-hybridized carbons (Fsp3) is 0.190. The summed E-state index contributed by atoms with van der Waals surface area (Å²) in [6, 6.07) is 16.0. The van der Waals surface area contributed by atoms with E-state index in [1.165, 1.54) is 24.5 Å². The van der Waals surface area contributed by atoms with Crippen LogP contribution in [0.1, 0.15) is 15.9 Å². The molecule has 1 amide bonds. The average Bonchev–Trinajstić information content (AvgIpc) is 2.76. The minimum atomic E-state index is -4.42. The van der Waals surface area contributed by atoms with Crippen molar-refractivity contribution in [3.63, 3.8) is 0 Å². The lowest BCUT2D eigenvalue weighted by Gasteiger charge is -2.18. The molecule has 0 aliphatic carbocycles. The van der Waals surface area contributed by atoms with Gasteiger partial charge in [0.15, 0.2) is 6.61 Å². The van der Waals surface area contributed by atoms with Gasteiger partial charge in [0, 0.05) is 37.7 Å². The standard InChI is InChI=1S/C21H19F3N4O2/c1-28(17-5-3-2-4-6-17)18-9-8-16(13-25-18)20(29)27-12-15-7-10-19(26-11-15)30-14-21(22,23)24/h2-11,13H,12,14H2,1H3,(H,27,29). The number of para-hydroxylation sites is 1. The van der Waals surface area contributed by atoms with Crippen LogP contribution in [-0.2, 0) is 6.54 Å². The Morgan fingerprint density at radius 1 is 1.03 bits per heavy atom. The Balaban J connectivity index is 1.53. The maximum absolute atomic E-state index is 12.3. The number of rotatable bonds is 7. The molecule has 0 bridgehead atoms. The zero-order valence-electron chi connectivity index (χ0n) is 16.1. The number of pyridine rings is 2. The van der Waals surface area contributed by atoms with Crippen LogP contribution in [0.25, 0.3) is 0 Å². The molecule has 2 aromatic heterocycles. The minimum Gasteiger partial charge on any atom is -0.468 e. The first-order valence-corrected chi connectivity index (χ1v) is 8.99. The van der Waals surface area contributed by atoms with Crippen molar-refractivity contribution in [2.45, 2.75) is 12.7 Å². The number of hydrogen-bond acceptors (Lipinski definition) is 5. The van der Waals surface area contributed by atoms with E-state index < -0.39 is 12.8 Å². The van der Waals surface area contributed by atoms with E-state index in [2.05, 4.69) is 20.0 Å². The van der Waals surface area contributed by atoms with E-state index in [4.69, 9.17) is 0 Å². The summed E-state index contributed by atoms with van der Waals surface area (Å²) in [5.41, 5.74) is 1.98. The van der Waals surface area contributed by atoms with Gasteiger partial charge in [0.25, 0.3) is 5.91 Å². The number of amides is 1. The van der Waals surface area contributed by atoms with Gasteiger partial charge in [-0.3, -0.25) is 4.79 Å². The van der Waals surface area contributed by atoms with Crippen molar-refractivity contribution in [2.75, 3.05) is 18.6 Å². The topological polar surface area (TPSA) is 67.4 Å². The molecular weight excluding hydrogens is 397 g/mol. The van der Waals surface area contributed by atoms with Gasteiger partial charge in [-0.15, -0.1) is 0 Å². The lowest BCUT2D eigenvalue weighted by molar-refractivity contribution is -0.154. The highest BCUT2D eigenvalue weighted by molar-refractivity contribution is 5.94. The van der Waals surface area contributed by atoms with Gasteiger partial charge < -0.3 is 15.0 Å². The van der Waals surface area contributed by atoms with Crippen LogP contribution < -0.4 is 15.0 Å². The van der Waals surface area contributed by atoms with Crippen molar-refractivity contribution in [3.8, 4) is 5.88 Å². The van der Waals surface area contributed by atoms with Gasteiger partial charge in [0.1, 0.15) is 5.82 Å². The summed E-state index contributed by atoms with van der Waals surface area (Å²) in [6.45, 7) is -1.24. The first kappa shape index (κ1) is 21.1. The van der Waals surface area contributed by atoms with Crippen LogP contribution in [0.2, 0.25) is 0 Å². The monoisotopic (exact) mass is 416 g/mol. The number of ether oxygens (including phenoxy) is 1. The van der Waals surface area contributed by atoms with Crippen molar-refractivity contribution in [3.05, 3.63) is 78.1 Å². The van der Waals surface area contributed by atoms with Gasteiger partial charge >= 0.3 is 6.18 Å². The van der Waals surface area contributed by atoms with Crippen LogP contribution in [0.15, 0.2) is 67.0 Å². The molecule has 3 rings (SSSR count). The summed E-state index contributed by atoms with van der Waals surface area (Å²) in [7, 11) is 1.88. The van der Waals surface area contributed by atoms with Crippen molar-refractivity contribution in [1.29, 1.82) is 0 Å². The van der Waals surface area contributed by atoms with Gasteiger partial charge in [0.05, 0.1) is 5.56 Å². The molecule has 0 spiro atoms. The summed E-state index contributed by atoms with van der Waals surface area (Å²) < 4.78 is 41.0.